The van der Waals surface area contributed by atoms with Gasteiger partial charge in [0.2, 0.25) is 0 Å². The monoisotopic (exact) mass is 257 g/mol. The molecule has 1 aromatic carbocycles. The van der Waals surface area contributed by atoms with Gasteiger partial charge >= 0.3 is 0 Å². The molecule has 3 nitrogen and oxygen atoms in total. The molecule has 0 radical (unpaired) electrons. The Bertz CT molecular complexity index is 551. The normalized spacial score (nSPS) is 12.1. The lowest BCUT2D eigenvalue weighted by molar-refractivity contribution is 0.579. The molecule has 1 unspecified atom stereocenters. The zero-order valence-electron chi connectivity index (χ0n) is 10.5. The van der Waals surface area contributed by atoms with Crippen molar-refractivity contribution in [3.63, 3.8) is 0 Å². The van der Waals surface area contributed by atoms with E-state index in [1.54, 1.807) is 11.3 Å². The van der Waals surface area contributed by atoms with Gasteiger partial charge in [0.15, 0.2) is 0 Å². The number of aromatic nitrogens is 1. The molecule has 0 amide bonds. The first kappa shape index (κ1) is 12.7. The Morgan fingerprint density at radius 2 is 2.11 bits per heavy atom. The van der Waals surface area contributed by atoms with Crippen molar-refractivity contribution in [2.45, 2.75) is 26.4 Å². The van der Waals surface area contributed by atoms with E-state index in [-0.39, 0.29) is 0 Å². The van der Waals surface area contributed by atoms with Crippen LogP contribution >= 0.6 is 11.3 Å². The second-order valence-corrected chi connectivity index (χ2v) is 5.10. The van der Waals surface area contributed by atoms with Crippen LogP contribution in [0.2, 0.25) is 0 Å². The molecule has 0 saturated heterocycles. The fraction of sp³-hybridized carbons (Fsp3) is 0.286. The van der Waals surface area contributed by atoms with Gasteiger partial charge in [0, 0.05) is 17.5 Å². The maximum absolute atomic E-state index is 8.73. The molecule has 0 fully saturated rings. The highest BCUT2D eigenvalue weighted by molar-refractivity contribution is 7.09. The lowest BCUT2D eigenvalue weighted by Gasteiger charge is -2.12. The summed E-state index contributed by atoms with van der Waals surface area (Å²) in [5.74, 6) is 0. The lowest BCUT2D eigenvalue weighted by atomic mass is 10.1. The number of benzene rings is 1. The minimum absolute atomic E-state index is 0.299. The van der Waals surface area contributed by atoms with Crippen molar-refractivity contribution in [2.24, 2.45) is 0 Å². The smallest absolute Gasteiger partial charge is 0.0991 e. The minimum atomic E-state index is 0.299. The average molecular weight is 257 g/mol. The third-order valence-electron chi connectivity index (χ3n) is 2.87. The van der Waals surface area contributed by atoms with E-state index < -0.39 is 0 Å². The van der Waals surface area contributed by atoms with Gasteiger partial charge in [-0.1, -0.05) is 12.1 Å². The van der Waals surface area contributed by atoms with E-state index in [0.717, 1.165) is 12.2 Å². The van der Waals surface area contributed by atoms with Crippen LogP contribution in [0.25, 0.3) is 0 Å². The van der Waals surface area contributed by atoms with Crippen LogP contribution < -0.4 is 5.32 Å². The van der Waals surface area contributed by atoms with Crippen LogP contribution in [0.4, 0.5) is 0 Å². The van der Waals surface area contributed by atoms with E-state index in [0.29, 0.717) is 11.6 Å². The van der Waals surface area contributed by atoms with Crippen LogP contribution in [0, 0.1) is 18.3 Å². The molecule has 1 N–H and O–H groups in total. The first-order valence-corrected chi connectivity index (χ1v) is 6.71. The molecule has 1 atom stereocenters. The van der Waals surface area contributed by atoms with Gasteiger partial charge < -0.3 is 5.32 Å². The first-order valence-electron chi connectivity index (χ1n) is 5.83. The SMILES string of the molecule is Cc1ncsc1C(C)NCc1ccc(C#N)cc1. The van der Waals surface area contributed by atoms with Crippen molar-refractivity contribution in [3.8, 4) is 6.07 Å². The summed E-state index contributed by atoms with van der Waals surface area (Å²) in [7, 11) is 0. The zero-order valence-corrected chi connectivity index (χ0v) is 11.3. The second-order valence-electron chi connectivity index (χ2n) is 4.21. The van der Waals surface area contributed by atoms with Crippen LogP contribution in [-0.4, -0.2) is 4.98 Å². The van der Waals surface area contributed by atoms with Crippen molar-refractivity contribution in [1.29, 1.82) is 5.26 Å². The van der Waals surface area contributed by atoms with Crippen molar-refractivity contribution < 1.29 is 0 Å². The number of nitriles is 1. The molecule has 0 aliphatic heterocycles. The third-order valence-corrected chi connectivity index (χ3v) is 3.99. The molecule has 18 heavy (non-hydrogen) atoms. The molecule has 4 heteroatoms. The van der Waals surface area contributed by atoms with E-state index >= 15 is 0 Å². The summed E-state index contributed by atoms with van der Waals surface area (Å²) in [5, 5.41) is 12.2. The quantitative estimate of drug-likeness (QED) is 0.915. The van der Waals surface area contributed by atoms with E-state index in [1.165, 1.54) is 10.4 Å². The number of nitrogens with zero attached hydrogens (tertiary/aromatic N) is 2. The summed E-state index contributed by atoms with van der Waals surface area (Å²) in [5.41, 5.74) is 4.86. The molecule has 2 rings (SSSR count). The summed E-state index contributed by atoms with van der Waals surface area (Å²) in [6.07, 6.45) is 0. The van der Waals surface area contributed by atoms with Gasteiger partial charge in [0.05, 0.1) is 22.8 Å². The Balaban J connectivity index is 1.95. The Kier molecular flexibility index (Phi) is 4.08. The van der Waals surface area contributed by atoms with Gasteiger partial charge in [0.25, 0.3) is 0 Å². The Morgan fingerprint density at radius 3 is 2.67 bits per heavy atom. The highest BCUT2D eigenvalue weighted by Crippen LogP contribution is 2.21. The van der Waals surface area contributed by atoms with Gasteiger partial charge in [-0.05, 0) is 31.5 Å². The van der Waals surface area contributed by atoms with Crippen molar-refractivity contribution >= 4 is 11.3 Å². The zero-order chi connectivity index (χ0) is 13.0. The van der Waals surface area contributed by atoms with Crippen molar-refractivity contribution in [3.05, 3.63) is 51.5 Å². The Labute approximate surface area is 111 Å². The molecule has 0 saturated carbocycles. The Hall–Kier alpha value is -1.70. The molecule has 0 aliphatic carbocycles. The number of hydrogen-bond acceptors (Lipinski definition) is 4. The maximum Gasteiger partial charge on any atom is 0.0991 e. The summed E-state index contributed by atoms with van der Waals surface area (Å²) < 4.78 is 0. The van der Waals surface area contributed by atoms with Crippen molar-refractivity contribution in [1.82, 2.24) is 10.3 Å². The topological polar surface area (TPSA) is 48.7 Å². The minimum Gasteiger partial charge on any atom is -0.305 e. The summed E-state index contributed by atoms with van der Waals surface area (Å²) in [4.78, 5) is 5.54. The second kappa shape index (κ2) is 5.76. The van der Waals surface area contributed by atoms with Gasteiger partial charge in [-0.25, -0.2) is 4.98 Å². The third kappa shape index (κ3) is 2.95. The van der Waals surface area contributed by atoms with Gasteiger partial charge in [0.1, 0.15) is 0 Å². The predicted molar refractivity (Wildman–Crippen MR) is 73.3 cm³/mol. The van der Waals surface area contributed by atoms with Crippen LogP contribution in [0.5, 0.6) is 0 Å². The summed E-state index contributed by atoms with van der Waals surface area (Å²) in [6.45, 7) is 4.97. The fourth-order valence-electron chi connectivity index (χ4n) is 1.79. The van der Waals surface area contributed by atoms with Crippen LogP contribution in [-0.2, 0) is 6.54 Å². The molecular formula is C14H15N3S. The molecule has 2 aromatic rings. The van der Waals surface area contributed by atoms with Gasteiger partial charge in [-0.3, -0.25) is 0 Å². The Morgan fingerprint density at radius 1 is 1.39 bits per heavy atom. The highest BCUT2D eigenvalue weighted by Gasteiger charge is 2.10. The van der Waals surface area contributed by atoms with E-state index in [1.807, 2.05) is 36.7 Å². The van der Waals surface area contributed by atoms with E-state index in [2.05, 4.69) is 23.3 Å². The van der Waals surface area contributed by atoms with Crippen LogP contribution in [0.3, 0.4) is 0 Å². The number of hydrogen-bond donors (Lipinski definition) is 1. The molecule has 0 aliphatic rings. The standard InChI is InChI=1S/C14H15N3S/c1-10(14-11(2)17-9-18-14)16-8-13-5-3-12(7-15)4-6-13/h3-6,9-10,16H,8H2,1-2H3. The van der Waals surface area contributed by atoms with Crippen molar-refractivity contribution in [2.75, 3.05) is 0 Å². The summed E-state index contributed by atoms with van der Waals surface area (Å²) in [6, 6.07) is 10.1. The predicted octanol–water partition coefficient (Wildman–Crippen LogP) is 3.17. The largest absolute Gasteiger partial charge is 0.305 e. The highest BCUT2D eigenvalue weighted by atomic mass is 32.1. The molecule has 1 heterocycles. The lowest BCUT2D eigenvalue weighted by Crippen LogP contribution is -2.17. The number of nitrogens with one attached hydrogen (secondary N) is 1. The van der Waals surface area contributed by atoms with Crippen LogP contribution in [0.15, 0.2) is 29.8 Å². The van der Waals surface area contributed by atoms with E-state index in [4.69, 9.17) is 5.26 Å². The average Bonchev–Trinajstić information content (AvgIpc) is 2.83. The molecule has 0 bridgehead atoms. The number of aryl methyl sites for hydroxylation is 1. The number of rotatable bonds is 4. The molecule has 92 valence electrons. The maximum atomic E-state index is 8.73. The molecular weight excluding hydrogens is 242 g/mol. The molecule has 1 aromatic heterocycles. The van der Waals surface area contributed by atoms with Gasteiger partial charge in [-0.2, -0.15) is 5.26 Å². The summed E-state index contributed by atoms with van der Waals surface area (Å²) >= 11 is 1.68. The van der Waals surface area contributed by atoms with Crippen LogP contribution in [0.1, 0.15) is 34.7 Å². The van der Waals surface area contributed by atoms with Gasteiger partial charge in [-0.15, -0.1) is 11.3 Å². The fourth-order valence-corrected chi connectivity index (χ4v) is 2.62. The van der Waals surface area contributed by atoms with E-state index in [9.17, 15) is 0 Å². The first-order chi connectivity index (χ1) is 8.70. The number of thiazole rings is 1. The molecule has 0 spiro atoms.